The summed E-state index contributed by atoms with van der Waals surface area (Å²) in [7, 11) is 1.57. The number of carbonyl (C=O) groups excluding carboxylic acids is 1. The molecule has 0 radical (unpaired) electrons. The fourth-order valence-corrected chi connectivity index (χ4v) is 3.97. The van der Waals surface area contributed by atoms with Crippen LogP contribution in [0.4, 0.5) is 14.5 Å². The summed E-state index contributed by atoms with van der Waals surface area (Å²) < 4.78 is 34.8. The van der Waals surface area contributed by atoms with Crippen molar-refractivity contribution < 1.29 is 18.3 Å². The molecule has 3 N–H and O–H groups in total. The molecule has 0 saturated carbocycles. The summed E-state index contributed by atoms with van der Waals surface area (Å²) in [5.41, 5.74) is 3.13. The summed E-state index contributed by atoms with van der Waals surface area (Å²) in [4.78, 5) is 12.7. The number of hydrogen-bond donors (Lipinski definition) is 3. The van der Waals surface area contributed by atoms with Crippen LogP contribution in [0.2, 0.25) is 0 Å². The Labute approximate surface area is 180 Å². The molecule has 0 saturated heterocycles. The Balaban J connectivity index is 1.55. The van der Waals surface area contributed by atoms with E-state index in [1.54, 1.807) is 25.3 Å². The van der Waals surface area contributed by atoms with Crippen molar-refractivity contribution in [3.8, 4) is 5.75 Å². The molecule has 0 spiro atoms. The quantitative estimate of drug-likeness (QED) is 0.678. The molecule has 0 atom stereocenters. The monoisotopic (exact) mass is 425 g/mol. The maximum atomic E-state index is 14.7. The van der Waals surface area contributed by atoms with E-state index in [0.717, 1.165) is 37.2 Å². The number of nitrogens with one attached hydrogen (secondary N) is 3. The van der Waals surface area contributed by atoms with Gasteiger partial charge in [0.05, 0.1) is 7.11 Å². The number of amides is 1. The Bertz CT molecular complexity index is 1040. The van der Waals surface area contributed by atoms with E-state index in [-0.39, 0.29) is 11.1 Å². The maximum Gasteiger partial charge on any atom is 0.255 e. The Kier molecular flexibility index (Phi) is 6.44. The highest BCUT2D eigenvalue weighted by atomic mass is 19.1. The molecule has 0 aromatic heterocycles. The lowest BCUT2D eigenvalue weighted by atomic mass is 9.97. The standard InChI is InChI=1S/C24H25F2N3O2/c1-31-22-14-18(2-3-19(22)15-4-8-27-9-5-15)29-24(30)17-12-20(25)23(21(26)13-17)16-6-10-28-11-7-16/h2-4,6,12-14,27-28H,5,7-11H2,1H3,(H,29,30). The van der Waals surface area contributed by atoms with Crippen LogP contribution in [0.1, 0.15) is 34.3 Å². The van der Waals surface area contributed by atoms with Gasteiger partial charge in [-0.05, 0) is 61.3 Å². The third-order valence-electron chi connectivity index (χ3n) is 5.56. The largest absolute Gasteiger partial charge is 0.496 e. The highest BCUT2D eigenvalue weighted by Crippen LogP contribution is 2.32. The van der Waals surface area contributed by atoms with E-state index in [1.165, 1.54) is 5.57 Å². The lowest BCUT2D eigenvalue weighted by Crippen LogP contribution is -2.21. The molecule has 0 fully saturated rings. The minimum Gasteiger partial charge on any atom is -0.496 e. The van der Waals surface area contributed by atoms with Gasteiger partial charge < -0.3 is 20.7 Å². The zero-order valence-electron chi connectivity index (χ0n) is 17.4. The van der Waals surface area contributed by atoms with E-state index < -0.39 is 17.5 Å². The number of methoxy groups -OCH3 is 1. The molecule has 1 amide bonds. The molecule has 2 aromatic carbocycles. The molecule has 0 unspecified atom stereocenters. The highest BCUT2D eigenvalue weighted by Gasteiger charge is 2.20. The van der Waals surface area contributed by atoms with Crippen LogP contribution in [0.5, 0.6) is 5.75 Å². The van der Waals surface area contributed by atoms with Gasteiger partial charge in [0.2, 0.25) is 0 Å². The maximum absolute atomic E-state index is 14.7. The van der Waals surface area contributed by atoms with E-state index in [1.807, 2.05) is 6.07 Å². The van der Waals surface area contributed by atoms with E-state index in [9.17, 15) is 13.6 Å². The van der Waals surface area contributed by atoms with Gasteiger partial charge in [0.15, 0.2) is 0 Å². The Hall–Kier alpha value is -3.03. The first-order valence-electron chi connectivity index (χ1n) is 10.4. The van der Waals surface area contributed by atoms with E-state index in [2.05, 4.69) is 22.0 Å². The van der Waals surface area contributed by atoms with Crippen molar-refractivity contribution in [1.29, 1.82) is 0 Å². The molecule has 0 bridgehead atoms. The molecule has 5 nitrogen and oxygen atoms in total. The molecular formula is C24H25F2N3O2. The zero-order valence-corrected chi connectivity index (χ0v) is 17.4. The van der Waals surface area contributed by atoms with Crippen LogP contribution >= 0.6 is 0 Å². The number of rotatable bonds is 5. The van der Waals surface area contributed by atoms with Crippen LogP contribution in [0, 0.1) is 11.6 Å². The average molecular weight is 425 g/mol. The predicted molar refractivity (Wildman–Crippen MR) is 118 cm³/mol. The van der Waals surface area contributed by atoms with Crippen molar-refractivity contribution in [3.05, 3.63) is 70.8 Å². The fourth-order valence-electron chi connectivity index (χ4n) is 3.97. The molecular weight excluding hydrogens is 400 g/mol. The molecule has 2 aromatic rings. The van der Waals surface area contributed by atoms with E-state index in [4.69, 9.17) is 4.74 Å². The van der Waals surface area contributed by atoms with Gasteiger partial charge >= 0.3 is 0 Å². The van der Waals surface area contributed by atoms with Gasteiger partial charge in [-0.2, -0.15) is 0 Å². The second-order valence-corrected chi connectivity index (χ2v) is 7.55. The smallest absolute Gasteiger partial charge is 0.255 e. The lowest BCUT2D eigenvalue weighted by Gasteiger charge is -2.18. The van der Waals surface area contributed by atoms with Gasteiger partial charge in [-0.25, -0.2) is 8.78 Å². The summed E-state index contributed by atoms with van der Waals surface area (Å²) in [5.74, 6) is -1.41. The van der Waals surface area contributed by atoms with Crippen LogP contribution in [0.25, 0.3) is 11.1 Å². The van der Waals surface area contributed by atoms with Crippen molar-refractivity contribution in [2.45, 2.75) is 12.8 Å². The number of carbonyl (C=O) groups is 1. The molecule has 4 rings (SSSR count). The van der Waals surface area contributed by atoms with Crippen molar-refractivity contribution in [3.63, 3.8) is 0 Å². The van der Waals surface area contributed by atoms with Crippen LogP contribution in [-0.2, 0) is 0 Å². The zero-order chi connectivity index (χ0) is 21.8. The molecule has 2 aliphatic heterocycles. The second kappa shape index (κ2) is 9.41. The summed E-state index contributed by atoms with van der Waals surface area (Å²) in [6.07, 6.45) is 5.32. The van der Waals surface area contributed by atoms with Gasteiger partial charge in [-0.3, -0.25) is 4.79 Å². The molecule has 2 aliphatic rings. The van der Waals surface area contributed by atoms with Gasteiger partial charge in [0, 0.05) is 41.5 Å². The number of hydrogen-bond acceptors (Lipinski definition) is 4. The summed E-state index contributed by atoms with van der Waals surface area (Å²) in [5, 5.41) is 9.09. The number of ether oxygens (including phenoxy) is 1. The molecule has 162 valence electrons. The number of halogens is 2. The Morgan fingerprint density at radius 1 is 0.968 bits per heavy atom. The first-order chi connectivity index (χ1) is 15.1. The van der Waals surface area contributed by atoms with Gasteiger partial charge in [0.25, 0.3) is 5.91 Å². The van der Waals surface area contributed by atoms with E-state index in [0.29, 0.717) is 36.5 Å². The minimum absolute atomic E-state index is 0.0562. The summed E-state index contributed by atoms with van der Waals surface area (Å²) in [6.45, 7) is 2.94. The third kappa shape index (κ3) is 4.68. The topological polar surface area (TPSA) is 62.4 Å². The van der Waals surface area contributed by atoms with Gasteiger partial charge in [0.1, 0.15) is 17.4 Å². The predicted octanol–water partition coefficient (Wildman–Crippen LogP) is 3.98. The fraction of sp³-hybridized carbons (Fsp3) is 0.292. The Morgan fingerprint density at radius 3 is 2.19 bits per heavy atom. The average Bonchev–Trinajstić information content (AvgIpc) is 2.79. The van der Waals surface area contributed by atoms with Crippen molar-refractivity contribution in [2.24, 2.45) is 0 Å². The van der Waals surface area contributed by atoms with Crippen molar-refractivity contribution in [1.82, 2.24) is 10.6 Å². The van der Waals surface area contributed by atoms with Crippen molar-refractivity contribution >= 4 is 22.7 Å². The minimum atomic E-state index is -0.732. The SMILES string of the molecule is COc1cc(NC(=O)c2cc(F)c(C3=CCNCC3)c(F)c2)ccc1C1=CCNCC1. The van der Waals surface area contributed by atoms with Crippen molar-refractivity contribution in [2.75, 3.05) is 38.6 Å². The molecule has 7 heteroatoms. The Morgan fingerprint density at radius 2 is 1.61 bits per heavy atom. The van der Waals surface area contributed by atoms with Crippen LogP contribution in [0.3, 0.4) is 0 Å². The third-order valence-corrected chi connectivity index (χ3v) is 5.56. The highest BCUT2D eigenvalue weighted by molar-refractivity contribution is 6.04. The number of benzene rings is 2. The molecule has 31 heavy (non-hydrogen) atoms. The van der Waals surface area contributed by atoms with Crippen LogP contribution in [-0.4, -0.2) is 39.2 Å². The van der Waals surface area contributed by atoms with Crippen LogP contribution < -0.4 is 20.7 Å². The first-order valence-corrected chi connectivity index (χ1v) is 10.4. The lowest BCUT2D eigenvalue weighted by molar-refractivity contribution is 0.102. The first kappa shape index (κ1) is 21.2. The number of anilines is 1. The second-order valence-electron chi connectivity index (χ2n) is 7.55. The summed E-state index contributed by atoms with van der Waals surface area (Å²) in [6, 6.07) is 7.54. The summed E-state index contributed by atoms with van der Waals surface area (Å²) >= 11 is 0. The normalized spacial score (nSPS) is 16.4. The molecule has 2 heterocycles. The van der Waals surface area contributed by atoms with Crippen LogP contribution in [0.15, 0.2) is 42.5 Å². The van der Waals surface area contributed by atoms with Gasteiger partial charge in [-0.1, -0.05) is 12.2 Å². The molecule has 0 aliphatic carbocycles. The van der Waals surface area contributed by atoms with E-state index >= 15 is 0 Å². The van der Waals surface area contributed by atoms with Gasteiger partial charge in [-0.15, -0.1) is 0 Å².